The summed E-state index contributed by atoms with van der Waals surface area (Å²) >= 11 is 0. The van der Waals surface area contributed by atoms with E-state index in [4.69, 9.17) is 43.0 Å². The molecule has 1 aromatic carbocycles. The van der Waals surface area contributed by atoms with Gasteiger partial charge in [-0.05, 0) is 63.8 Å². The van der Waals surface area contributed by atoms with E-state index < -0.39 is 17.7 Å². The average molecular weight is 577 g/mol. The maximum absolute atomic E-state index is 13.0. The fraction of sp³-hybridized carbons (Fsp3) is 0.645. The Morgan fingerprint density at radius 2 is 1.83 bits per heavy atom. The molecule has 1 spiro atoms. The van der Waals surface area contributed by atoms with Gasteiger partial charge in [0.2, 0.25) is 5.75 Å². The molecule has 0 amide bonds. The van der Waals surface area contributed by atoms with Gasteiger partial charge in [-0.1, -0.05) is 11.6 Å². The van der Waals surface area contributed by atoms with Crippen LogP contribution in [0.3, 0.4) is 0 Å². The second kappa shape index (κ2) is 13.6. The molecule has 41 heavy (non-hydrogen) atoms. The van der Waals surface area contributed by atoms with Crippen molar-refractivity contribution in [2.24, 2.45) is 5.92 Å². The van der Waals surface area contributed by atoms with Crippen LogP contribution in [0.5, 0.6) is 17.2 Å². The summed E-state index contributed by atoms with van der Waals surface area (Å²) < 4.78 is 46.2. The lowest BCUT2D eigenvalue weighted by molar-refractivity contribution is -0.166. The van der Waals surface area contributed by atoms with Gasteiger partial charge in [0.05, 0.1) is 52.7 Å². The molecule has 6 atom stereocenters. The van der Waals surface area contributed by atoms with Crippen LogP contribution in [0.15, 0.2) is 29.9 Å². The van der Waals surface area contributed by atoms with Gasteiger partial charge in [0.1, 0.15) is 30.0 Å². The normalized spacial score (nSPS) is 30.2. The zero-order valence-corrected chi connectivity index (χ0v) is 25.0. The van der Waals surface area contributed by atoms with Crippen LogP contribution in [0, 0.1) is 5.92 Å². The maximum Gasteiger partial charge on any atom is 0.331 e. The third-order valence-corrected chi connectivity index (χ3v) is 8.11. The molecule has 2 aliphatic heterocycles. The molecular formula is C31H44O10. The summed E-state index contributed by atoms with van der Waals surface area (Å²) in [5.41, 5.74) is 1.25. The number of epoxide rings is 2. The Labute approximate surface area is 242 Å². The van der Waals surface area contributed by atoms with Crippen LogP contribution in [0.25, 0.3) is 6.08 Å². The van der Waals surface area contributed by atoms with E-state index in [1.165, 1.54) is 25.9 Å². The molecule has 1 N–H and O–H groups in total. The minimum atomic E-state index is -0.467. The summed E-state index contributed by atoms with van der Waals surface area (Å²) in [6, 6.07) is 3.49. The molecule has 3 aliphatic rings. The van der Waals surface area contributed by atoms with Crippen LogP contribution >= 0.6 is 0 Å². The number of rotatable bonds is 15. The largest absolute Gasteiger partial charge is 0.493 e. The number of benzene rings is 1. The fourth-order valence-electron chi connectivity index (χ4n) is 5.93. The van der Waals surface area contributed by atoms with Crippen molar-refractivity contribution < 1.29 is 47.8 Å². The van der Waals surface area contributed by atoms with Crippen LogP contribution in [0.1, 0.15) is 45.6 Å². The van der Waals surface area contributed by atoms with Crippen molar-refractivity contribution in [3.63, 3.8) is 0 Å². The second-order valence-electron chi connectivity index (χ2n) is 11.1. The molecule has 10 heteroatoms. The SMILES string of the molecule is COc1cc(/C=C/C(=O)O[C@@H]2CC[C@]3(CO3)[C@@H]([C@@]3(C)O[C@@H]3CC=C(C)C)[C@@H]2OC)cc(OC)c1OCCOCCO. The number of carbonyl (C=O) groups excluding carboxylic acids is 1. The highest BCUT2D eigenvalue weighted by Gasteiger charge is 2.72. The molecule has 0 bridgehead atoms. The van der Waals surface area contributed by atoms with E-state index in [1.807, 2.05) is 0 Å². The number of carbonyl (C=O) groups is 1. The van der Waals surface area contributed by atoms with Gasteiger partial charge in [-0.15, -0.1) is 0 Å². The van der Waals surface area contributed by atoms with Crippen molar-refractivity contribution in [1.29, 1.82) is 0 Å². The fourth-order valence-corrected chi connectivity index (χ4v) is 5.93. The minimum Gasteiger partial charge on any atom is -0.493 e. The van der Waals surface area contributed by atoms with Gasteiger partial charge in [0.25, 0.3) is 0 Å². The topological polar surface area (TPSA) is 118 Å². The number of esters is 1. The average Bonchev–Trinajstić information content (AvgIpc) is 3.88. The van der Waals surface area contributed by atoms with Crippen LogP contribution in [-0.4, -0.2) is 95.0 Å². The van der Waals surface area contributed by atoms with Crippen LogP contribution in [0.2, 0.25) is 0 Å². The van der Waals surface area contributed by atoms with E-state index in [2.05, 4.69) is 26.8 Å². The summed E-state index contributed by atoms with van der Waals surface area (Å²) in [6.45, 7) is 7.70. The molecule has 0 aromatic heterocycles. The van der Waals surface area contributed by atoms with Crippen LogP contribution in [0.4, 0.5) is 0 Å². The van der Waals surface area contributed by atoms with Crippen molar-refractivity contribution in [2.45, 2.75) is 69.5 Å². The van der Waals surface area contributed by atoms with Gasteiger partial charge < -0.3 is 43.0 Å². The molecule has 1 aromatic rings. The highest BCUT2D eigenvalue weighted by atomic mass is 16.6. The van der Waals surface area contributed by atoms with Gasteiger partial charge >= 0.3 is 5.97 Å². The lowest BCUT2D eigenvalue weighted by Gasteiger charge is -2.42. The first-order valence-corrected chi connectivity index (χ1v) is 14.2. The summed E-state index contributed by atoms with van der Waals surface area (Å²) in [4.78, 5) is 13.0. The van der Waals surface area contributed by atoms with Crippen molar-refractivity contribution in [2.75, 3.05) is 54.4 Å². The van der Waals surface area contributed by atoms with Gasteiger partial charge in [-0.3, -0.25) is 0 Å². The standard InChI is InChI=1S/C31H44O10/c1-20(2)7-9-25-30(3,41-25)29-28(36-6)22(11-12-31(29)19-39-31)40-26(33)10-8-21-17-23(34-4)27(24(18-21)35-5)38-16-15-37-14-13-32/h7-8,10,17-18,22,25,28-29,32H,9,11-16,19H2,1-6H3/b10-8+/t22-,25-,28-,29-,30+,31+/m1/s1. The Hall–Kier alpha value is -2.63. The molecule has 4 rings (SSSR count). The number of aliphatic hydroxyl groups excluding tert-OH is 1. The smallest absolute Gasteiger partial charge is 0.331 e. The first-order valence-electron chi connectivity index (χ1n) is 14.2. The van der Waals surface area contributed by atoms with E-state index in [0.29, 0.717) is 42.4 Å². The lowest BCUT2D eigenvalue weighted by atomic mass is 9.68. The van der Waals surface area contributed by atoms with Crippen molar-refractivity contribution in [1.82, 2.24) is 0 Å². The highest BCUT2D eigenvalue weighted by Crippen LogP contribution is 2.59. The van der Waals surface area contributed by atoms with Crippen LogP contribution in [-0.2, 0) is 28.5 Å². The maximum atomic E-state index is 13.0. The van der Waals surface area contributed by atoms with E-state index >= 15 is 0 Å². The second-order valence-corrected chi connectivity index (χ2v) is 11.1. The van der Waals surface area contributed by atoms with E-state index in [9.17, 15) is 4.79 Å². The molecule has 0 unspecified atom stereocenters. The monoisotopic (exact) mass is 576 g/mol. The number of ether oxygens (including phenoxy) is 8. The third kappa shape index (κ3) is 7.24. The molecule has 10 nitrogen and oxygen atoms in total. The van der Waals surface area contributed by atoms with E-state index in [1.54, 1.807) is 25.3 Å². The van der Waals surface area contributed by atoms with Gasteiger partial charge in [0, 0.05) is 13.2 Å². The molecular weight excluding hydrogens is 532 g/mol. The van der Waals surface area contributed by atoms with E-state index in [-0.39, 0.29) is 43.5 Å². The molecule has 2 heterocycles. The first-order chi connectivity index (χ1) is 19.7. The Kier molecular flexibility index (Phi) is 10.4. The van der Waals surface area contributed by atoms with Crippen molar-refractivity contribution >= 4 is 12.0 Å². The van der Waals surface area contributed by atoms with Gasteiger partial charge in [-0.25, -0.2) is 4.79 Å². The molecule has 3 fully saturated rings. The predicted molar refractivity (Wildman–Crippen MR) is 151 cm³/mol. The Morgan fingerprint density at radius 3 is 2.41 bits per heavy atom. The Bertz CT molecular complexity index is 1080. The summed E-state index contributed by atoms with van der Waals surface area (Å²) in [5, 5.41) is 8.83. The Balaban J connectivity index is 1.42. The lowest BCUT2D eigenvalue weighted by Crippen LogP contribution is -2.55. The quantitative estimate of drug-likeness (QED) is 0.109. The van der Waals surface area contributed by atoms with Gasteiger partial charge in [-0.2, -0.15) is 0 Å². The number of hydrogen-bond donors (Lipinski definition) is 1. The zero-order valence-electron chi connectivity index (χ0n) is 25.0. The predicted octanol–water partition coefficient (Wildman–Crippen LogP) is 3.72. The summed E-state index contributed by atoms with van der Waals surface area (Å²) in [5.74, 6) is 0.814. The highest BCUT2D eigenvalue weighted by molar-refractivity contribution is 5.87. The molecule has 1 aliphatic carbocycles. The Morgan fingerprint density at radius 1 is 1.12 bits per heavy atom. The van der Waals surface area contributed by atoms with E-state index in [0.717, 1.165) is 12.8 Å². The number of hydrogen-bond acceptors (Lipinski definition) is 10. The molecule has 228 valence electrons. The number of allylic oxidation sites excluding steroid dienone is 1. The van der Waals surface area contributed by atoms with Crippen molar-refractivity contribution in [3.05, 3.63) is 35.4 Å². The summed E-state index contributed by atoms with van der Waals surface area (Å²) in [7, 11) is 4.72. The number of methoxy groups -OCH3 is 3. The first kappa shape index (κ1) is 31.3. The van der Waals surface area contributed by atoms with Crippen molar-refractivity contribution in [3.8, 4) is 17.2 Å². The van der Waals surface area contributed by atoms with Gasteiger partial charge in [0.15, 0.2) is 11.5 Å². The minimum absolute atomic E-state index is 0.0406. The summed E-state index contributed by atoms with van der Waals surface area (Å²) in [6.07, 6.45) is 6.83. The molecule has 0 radical (unpaired) electrons. The van der Waals surface area contributed by atoms with Crippen LogP contribution < -0.4 is 14.2 Å². The zero-order chi connectivity index (χ0) is 29.6. The third-order valence-electron chi connectivity index (χ3n) is 8.11. The molecule has 1 saturated carbocycles. The number of aliphatic hydroxyl groups is 1. The molecule has 2 saturated heterocycles.